The molecule has 1 amide bonds. The number of anilines is 1. The highest BCUT2D eigenvalue weighted by Crippen LogP contribution is 2.62. The van der Waals surface area contributed by atoms with Crippen molar-refractivity contribution in [2.45, 2.75) is 40.9 Å². The van der Waals surface area contributed by atoms with Gasteiger partial charge in [-0.15, -0.1) is 0 Å². The molecule has 1 fully saturated rings. The number of hydrogen-bond donors (Lipinski definition) is 0. The highest BCUT2D eigenvalue weighted by atomic mass is 35.5. The van der Waals surface area contributed by atoms with Crippen LogP contribution in [-0.4, -0.2) is 77.9 Å². The monoisotopic (exact) mass is 574 g/mol. The first-order valence-corrected chi connectivity index (χ1v) is 9.79. The Labute approximate surface area is 197 Å². The molecule has 3 nitrogen and oxygen atoms in total. The minimum Gasteiger partial charge on any atom is -0.368 e. The Kier molecular flexibility index (Phi) is 7.48. The van der Waals surface area contributed by atoms with Gasteiger partial charge in [0.15, 0.2) is 0 Å². The molecular formula is C18H13ClF14N2O. The Morgan fingerprint density at radius 1 is 0.611 bits per heavy atom. The van der Waals surface area contributed by atoms with Gasteiger partial charge >= 0.3 is 40.9 Å². The van der Waals surface area contributed by atoms with Crippen LogP contribution < -0.4 is 4.90 Å². The van der Waals surface area contributed by atoms with Crippen molar-refractivity contribution >= 4 is 23.2 Å². The first-order chi connectivity index (χ1) is 16.0. The predicted molar refractivity (Wildman–Crippen MR) is 95.7 cm³/mol. The van der Waals surface area contributed by atoms with Gasteiger partial charge in [-0.05, 0) is 23.7 Å². The van der Waals surface area contributed by atoms with Gasteiger partial charge in [-0.1, -0.05) is 18.2 Å². The maximum Gasteiger partial charge on any atom is 0.393 e. The van der Waals surface area contributed by atoms with E-state index in [4.69, 9.17) is 0 Å². The summed E-state index contributed by atoms with van der Waals surface area (Å²) in [6.45, 7) is -2.40. The number of alkyl halides is 15. The highest BCUT2D eigenvalue weighted by Gasteiger charge is 2.93. The number of amides is 1. The first-order valence-electron chi connectivity index (χ1n) is 9.41. The Balaban J connectivity index is 2.35. The van der Waals surface area contributed by atoms with Gasteiger partial charge in [0, 0.05) is 31.9 Å². The number of hydrogen-bond acceptors (Lipinski definition) is 2. The molecule has 1 aliphatic rings. The van der Waals surface area contributed by atoms with E-state index in [1.54, 1.807) is 18.2 Å². The summed E-state index contributed by atoms with van der Waals surface area (Å²) in [4.78, 5) is 13.2. The third-order valence-corrected chi connectivity index (χ3v) is 5.52. The largest absolute Gasteiger partial charge is 0.393 e. The molecular weight excluding hydrogens is 562 g/mol. The minimum absolute atomic E-state index is 0.165. The zero-order valence-corrected chi connectivity index (χ0v) is 17.9. The number of halogens is 15. The van der Waals surface area contributed by atoms with E-state index < -0.39 is 59.9 Å². The Morgan fingerprint density at radius 2 is 1.00 bits per heavy atom. The third-order valence-electron chi connectivity index (χ3n) is 5.28. The molecule has 0 unspecified atom stereocenters. The molecule has 206 valence electrons. The van der Waals surface area contributed by atoms with E-state index in [0.29, 0.717) is 5.69 Å². The Morgan fingerprint density at radius 3 is 1.42 bits per heavy atom. The fourth-order valence-corrected chi connectivity index (χ4v) is 3.22. The van der Waals surface area contributed by atoms with Crippen LogP contribution in [0.4, 0.5) is 67.2 Å². The minimum atomic E-state index is -8.26. The molecule has 0 saturated carbocycles. The van der Waals surface area contributed by atoms with Crippen molar-refractivity contribution in [3.63, 3.8) is 0 Å². The molecule has 0 atom stereocenters. The van der Waals surface area contributed by atoms with Crippen molar-refractivity contribution in [3.05, 3.63) is 30.3 Å². The lowest BCUT2D eigenvalue weighted by Gasteiger charge is -2.43. The maximum atomic E-state index is 14.2. The molecule has 36 heavy (non-hydrogen) atoms. The summed E-state index contributed by atoms with van der Waals surface area (Å²) in [7, 11) is 0. The van der Waals surface area contributed by atoms with Crippen LogP contribution >= 0.6 is 11.6 Å². The third kappa shape index (κ3) is 4.30. The van der Waals surface area contributed by atoms with Crippen molar-refractivity contribution in [1.82, 2.24) is 4.90 Å². The second kappa shape index (κ2) is 8.97. The highest BCUT2D eigenvalue weighted by molar-refractivity contribution is 6.22. The molecule has 1 aromatic carbocycles. The Hall–Kier alpha value is -2.20. The van der Waals surface area contributed by atoms with Crippen LogP contribution in [0.3, 0.4) is 0 Å². The van der Waals surface area contributed by atoms with Crippen molar-refractivity contribution in [2.75, 3.05) is 31.1 Å². The summed E-state index contributed by atoms with van der Waals surface area (Å²) in [5.74, 6) is -50.0. The van der Waals surface area contributed by atoms with Crippen molar-refractivity contribution in [2.24, 2.45) is 0 Å². The van der Waals surface area contributed by atoms with Crippen LogP contribution in [0, 0.1) is 0 Å². The summed E-state index contributed by atoms with van der Waals surface area (Å²) >= 11 is 3.54. The average Bonchev–Trinajstić information content (AvgIpc) is 2.77. The maximum absolute atomic E-state index is 14.2. The molecule has 1 heterocycles. The van der Waals surface area contributed by atoms with E-state index in [9.17, 15) is 66.3 Å². The summed E-state index contributed by atoms with van der Waals surface area (Å²) in [6.07, 6.45) is 0. The van der Waals surface area contributed by atoms with Gasteiger partial charge in [0.25, 0.3) is 5.91 Å². The fraction of sp³-hybridized carbons (Fsp3) is 0.611. The molecule has 1 aromatic rings. The van der Waals surface area contributed by atoms with Crippen LogP contribution in [-0.2, 0) is 4.79 Å². The zero-order chi connectivity index (χ0) is 28.2. The summed E-state index contributed by atoms with van der Waals surface area (Å²) in [5, 5.41) is -6.71. The molecule has 2 rings (SSSR count). The van der Waals surface area contributed by atoms with Crippen molar-refractivity contribution in [1.29, 1.82) is 0 Å². The van der Waals surface area contributed by atoms with E-state index in [1.165, 1.54) is 17.0 Å². The molecule has 1 aliphatic heterocycles. The number of benzene rings is 1. The smallest absolute Gasteiger partial charge is 0.368 e. The summed E-state index contributed by atoms with van der Waals surface area (Å²) in [5.41, 5.74) is 0.465. The molecule has 0 aliphatic carbocycles. The zero-order valence-electron chi connectivity index (χ0n) is 17.2. The van der Waals surface area contributed by atoms with E-state index >= 15 is 0 Å². The van der Waals surface area contributed by atoms with Gasteiger partial charge in [-0.2, -0.15) is 61.5 Å². The van der Waals surface area contributed by atoms with Crippen LogP contribution in [0.2, 0.25) is 0 Å². The Bertz CT molecular complexity index is 943. The normalized spacial score (nSPS) is 17.4. The number of nitrogens with zero attached hydrogens (tertiary/aromatic N) is 2. The van der Waals surface area contributed by atoms with Gasteiger partial charge in [-0.25, -0.2) is 0 Å². The van der Waals surface area contributed by atoms with Gasteiger partial charge < -0.3 is 9.80 Å². The number of para-hydroxylation sites is 1. The van der Waals surface area contributed by atoms with Crippen molar-refractivity contribution in [3.8, 4) is 0 Å². The lowest BCUT2D eigenvalue weighted by atomic mass is 9.90. The first kappa shape index (κ1) is 30.0. The predicted octanol–water partition coefficient (Wildman–Crippen LogP) is 5.98. The number of rotatable bonds is 8. The summed E-state index contributed by atoms with van der Waals surface area (Å²) in [6, 6.07) is 7.72. The topological polar surface area (TPSA) is 23.6 Å². The summed E-state index contributed by atoms with van der Waals surface area (Å²) < 4.78 is 189. The molecule has 0 radical (unpaired) electrons. The lowest BCUT2D eigenvalue weighted by molar-refractivity contribution is -0.432. The van der Waals surface area contributed by atoms with Crippen LogP contribution in [0.1, 0.15) is 0 Å². The quantitative estimate of drug-likeness (QED) is 0.282. The molecule has 18 heteroatoms. The van der Waals surface area contributed by atoms with Gasteiger partial charge in [-0.3, -0.25) is 4.79 Å². The van der Waals surface area contributed by atoms with Crippen LogP contribution in [0.5, 0.6) is 0 Å². The van der Waals surface area contributed by atoms with E-state index in [1.807, 2.05) is 0 Å². The number of carbonyl (C=O) groups excluding carboxylic acids is 1. The van der Waals surface area contributed by atoms with Gasteiger partial charge in [0.05, 0.1) is 0 Å². The van der Waals surface area contributed by atoms with E-state index in [-0.39, 0.29) is 18.0 Å². The van der Waals surface area contributed by atoms with Gasteiger partial charge in [0.1, 0.15) is 0 Å². The fourth-order valence-electron chi connectivity index (χ4n) is 3.11. The van der Waals surface area contributed by atoms with Crippen molar-refractivity contribution < 1.29 is 66.3 Å². The van der Waals surface area contributed by atoms with Gasteiger partial charge in [0.2, 0.25) is 0 Å². The molecule has 0 bridgehead atoms. The second-order valence-electron chi connectivity index (χ2n) is 7.56. The number of piperazine rings is 1. The van der Waals surface area contributed by atoms with E-state index in [0.717, 1.165) is 0 Å². The standard InChI is InChI=1S/C18H13ClF14N2O/c19-18(32,33)17(30,31)16(28,29)15(26,27)14(24,25)13(22,23)12(20,21)11(36)35-8-6-34(7-9-35)10-4-2-1-3-5-10/h1-5H,6-9H2. The second-order valence-corrected chi connectivity index (χ2v) is 8.03. The molecule has 0 spiro atoms. The average molecular weight is 575 g/mol. The number of carbonyl (C=O) groups is 1. The van der Waals surface area contributed by atoms with Crippen LogP contribution in [0.15, 0.2) is 30.3 Å². The SMILES string of the molecule is O=C(N1CCN(c2ccccc2)CC1)C(F)(F)C(F)(F)C(F)(F)C(F)(F)C(F)(F)C(F)(F)C(F)(F)Cl. The molecule has 0 aromatic heterocycles. The lowest BCUT2D eigenvalue weighted by Crippen LogP contribution is -2.74. The van der Waals surface area contributed by atoms with Crippen LogP contribution in [0.25, 0.3) is 0 Å². The molecule has 1 saturated heterocycles. The van der Waals surface area contributed by atoms with E-state index in [2.05, 4.69) is 11.6 Å². The molecule has 0 N–H and O–H groups in total.